The van der Waals surface area contributed by atoms with Gasteiger partial charge >= 0.3 is 5.97 Å². The first-order valence-corrected chi connectivity index (χ1v) is 8.28. The van der Waals surface area contributed by atoms with Crippen LogP contribution in [0.25, 0.3) is 10.8 Å². The number of hydrogen-bond acceptors (Lipinski definition) is 5. The van der Waals surface area contributed by atoms with Crippen molar-refractivity contribution in [3.05, 3.63) is 66.2 Å². The summed E-state index contributed by atoms with van der Waals surface area (Å²) in [4.78, 5) is 11.5. The smallest absolute Gasteiger partial charge is 0.322 e. The molecule has 0 aliphatic carbocycles. The lowest BCUT2D eigenvalue weighted by atomic mass is 10.1. The molecule has 0 aromatic heterocycles. The van der Waals surface area contributed by atoms with E-state index in [-0.39, 0.29) is 0 Å². The van der Waals surface area contributed by atoms with Crippen LogP contribution in [0.15, 0.2) is 60.7 Å². The van der Waals surface area contributed by atoms with Crippen LogP contribution in [-0.4, -0.2) is 26.2 Å². The second-order valence-corrected chi connectivity index (χ2v) is 5.90. The first kappa shape index (κ1) is 17.8. The molecule has 0 amide bonds. The van der Waals surface area contributed by atoms with Crippen LogP contribution in [0.5, 0.6) is 17.2 Å². The number of hydrogen-bond donors (Lipinski definition) is 1. The van der Waals surface area contributed by atoms with E-state index in [1.807, 2.05) is 60.7 Å². The molecule has 0 saturated carbocycles. The van der Waals surface area contributed by atoms with E-state index in [0.29, 0.717) is 23.7 Å². The Morgan fingerprint density at radius 2 is 1.85 bits per heavy atom. The molecule has 1 unspecified atom stereocenters. The summed E-state index contributed by atoms with van der Waals surface area (Å²) in [5.74, 6) is 1.52. The third kappa shape index (κ3) is 3.78. The second kappa shape index (κ2) is 7.89. The third-order valence-electron chi connectivity index (χ3n) is 4.14. The van der Waals surface area contributed by atoms with Gasteiger partial charge in [0.05, 0.1) is 14.2 Å². The van der Waals surface area contributed by atoms with Gasteiger partial charge in [0, 0.05) is 5.39 Å². The summed E-state index contributed by atoms with van der Waals surface area (Å²) in [7, 11) is 2.94. The largest absolute Gasteiger partial charge is 0.493 e. The van der Waals surface area contributed by atoms with E-state index in [4.69, 9.17) is 15.2 Å². The highest BCUT2D eigenvalue weighted by molar-refractivity contribution is 5.91. The minimum absolute atomic E-state index is 0.372. The summed E-state index contributed by atoms with van der Waals surface area (Å²) < 4.78 is 16.3. The zero-order chi connectivity index (χ0) is 18.5. The number of carbonyl (C=O) groups is 1. The number of benzene rings is 3. The van der Waals surface area contributed by atoms with Crippen molar-refractivity contribution in [2.24, 2.45) is 5.73 Å². The summed E-state index contributed by atoms with van der Waals surface area (Å²) in [6, 6.07) is 18.6. The second-order valence-electron chi connectivity index (χ2n) is 5.90. The van der Waals surface area contributed by atoms with Crippen molar-refractivity contribution < 1.29 is 19.0 Å². The quantitative estimate of drug-likeness (QED) is 0.686. The van der Waals surface area contributed by atoms with E-state index >= 15 is 0 Å². The number of methoxy groups -OCH3 is 2. The average molecular weight is 351 g/mol. The van der Waals surface area contributed by atoms with Gasteiger partial charge in [0.15, 0.2) is 11.5 Å². The fourth-order valence-corrected chi connectivity index (χ4v) is 2.83. The van der Waals surface area contributed by atoms with Crippen LogP contribution in [0, 0.1) is 0 Å². The lowest BCUT2D eigenvalue weighted by molar-refractivity contribution is -0.142. The van der Waals surface area contributed by atoms with Crippen LogP contribution in [-0.2, 0) is 16.0 Å². The highest BCUT2D eigenvalue weighted by atomic mass is 16.5. The molecule has 134 valence electrons. The van der Waals surface area contributed by atoms with Crippen LogP contribution in [0.3, 0.4) is 0 Å². The van der Waals surface area contributed by atoms with Crippen molar-refractivity contribution in [3.63, 3.8) is 0 Å². The van der Waals surface area contributed by atoms with Gasteiger partial charge in [-0.2, -0.15) is 0 Å². The Kier molecular flexibility index (Phi) is 5.39. The molecule has 0 bridgehead atoms. The Bertz CT molecular complexity index is 923. The van der Waals surface area contributed by atoms with Crippen molar-refractivity contribution in [3.8, 4) is 17.2 Å². The van der Waals surface area contributed by atoms with E-state index in [2.05, 4.69) is 4.74 Å². The van der Waals surface area contributed by atoms with E-state index < -0.39 is 12.0 Å². The minimum atomic E-state index is -0.706. The van der Waals surface area contributed by atoms with Crippen LogP contribution >= 0.6 is 0 Å². The van der Waals surface area contributed by atoms with Crippen LogP contribution in [0.1, 0.15) is 5.56 Å². The number of rotatable bonds is 6. The normalized spacial score (nSPS) is 11.8. The molecule has 0 saturated heterocycles. The Morgan fingerprint density at radius 3 is 2.62 bits per heavy atom. The highest BCUT2D eigenvalue weighted by Gasteiger charge is 2.15. The SMILES string of the molecule is COC(=O)C(N)Cc1cccc(Oc2c(OC)ccc3ccccc23)c1. The fourth-order valence-electron chi connectivity index (χ4n) is 2.83. The summed E-state index contributed by atoms with van der Waals surface area (Å²) in [6.07, 6.45) is 0.372. The molecule has 5 heteroatoms. The molecule has 26 heavy (non-hydrogen) atoms. The van der Waals surface area contributed by atoms with Crippen LogP contribution < -0.4 is 15.2 Å². The van der Waals surface area contributed by atoms with E-state index in [0.717, 1.165) is 16.3 Å². The molecule has 5 nitrogen and oxygen atoms in total. The molecule has 3 aromatic carbocycles. The number of nitrogens with two attached hydrogens (primary N) is 1. The lowest BCUT2D eigenvalue weighted by Crippen LogP contribution is -2.33. The van der Waals surface area contributed by atoms with Crippen LogP contribution in [0.4, 0.5) is 0 Å². The molecular formula is C21H21NO4. The highest BCUT2D eigenvalue weighted by Crippen LogP contribution is 2.38. The zero-order valence-corrected chi connectivity index (χ0v) is 14.8. The van der Waals surface area contributed by atoms with Gasteiger partial charge in [0.1, 0.15) is 11.8 Å². The van der Waals surface area contributed by atoms with Gasteiger partial charge in [-0.3, -0.25) is 4.79 Å². The zero-order valence-electron chi connectivity index (χ0n) is 14.8. The number of fused-ring (bicyclic) bond motifs is 1. The Labute approximate surface area is 152 Å². The van der Waals surface area contributed by atoms with Crippen molar-refractivity contribution >= 4 is 16.7 Å². The molecule has 0 aliphatic heterocycles. The van der Waals surface area contributed by atoms with Gasteiger partial charge < -0.3 is 19.9 Å². The van der Waals surface area contributed by atoms with Gasteiger partial charge in [-0.05, 0) is 35.6 Å². The monoisotopic (exact) mass is 351 g/mol. The topological polar surface area (TPSA) is 70.8 Å². The molecule has 0 fully saturated rings. The molecule has 3 rings (SSSR count). The molecular weight excluding hydrogens is 330 g/mol. The van der Waals surface area contributed by atoms with Gasteiger partial charge in [-0.1, -0.05) is 42.5 Å². The van der Waals surface area contributed by atoms with Crippen molar-refractivity contribution in [1.82, 2.24) is 0 Å². The molecule has 3 aromatic rings. The van der Waals surface area contributed by atoms with Gasteiger partial charge in [0.2, 0.25) is 0 Å². The predicted molar refractivity (Wildman–Crippen MR) is 101 cm³/mol. The summed E-state index contributed by atoms with van der Waals surface area (Å²) in [5.41, 5.74) is 6.74. The first-order chi connectivity index (χ1) is 12.6. The number of carbonyl (C=O) groups excluding carboxylic acids is 1. The minimum Gasteiger partial charge on any atom is -0.493 e. The van der Waals surface area contributed by atoms with Crippen molar-refractivity contribution in [2.75, 3.05) is 14.2 Å². The Morgan fingerprint density at radius 1 is 1.04 bits per heavy atom. The molecule has 0 radical (unpaired) electrons. The molecule has 0 aliphatic rings. The molecule has 1 atom stereocenters. The molecule has 2 N–H and O–H groups in total. The fraction of sp³-hybridized carbons (Fsp3) is 0.190. The van der Waals surface area contributed by atoms with Gasteiger partial charge in [0.25, 0.3) is 0 Å². The summed E-state index contributed by atoms with van der Waals surface area (Å²) in [5, 5.41) is 2.02. The maximum atomic E-state index is 11.5. The predicted octanol–water partition coefficient (Wildman–Crippen LogP) is 3.68. The Balaban J connectivity index is 1.91. The van der Waals surface area contributed by atoms with Crippen molar-refractivity contribution in [1.29, 1.82) is 0 Å². The lowest BCUT2D eigenvalue weighted by Gasteiger charge is -2.14. The van der Waals surface area contributed by atoms with Gasteiger partial charge in [-0.15, -0.1) is 0 Å². The average Bonchev–Trinajstić information content (AvgIpc) is 2.68. The first-order valence-electron chi connectivity index (χ1n) is 8.28. The molecule has 0 heterocycles. The maximum Gasteiger partial charge on any atom is 0.322 e. The maximum absolute atomic E-state index is 11.5. The summed E-state index contributed by atoms with van der Waals surface area (Å²) in [6.45, 7) is 0. The van der Waals surface area contributed by atoms with E-state index in [1.54, 1.807) is 7.11 Å². The van der Waals surface area contributed by atoms with Crippen molar-refractivity contribution in [2.45, 2.75) is 12.5 Å². The van der Waals surface area contributed by atoms with E-state index in [1.165, 1.54) is 7.11 Å². The number of ether oxygens (including phenoxy) is 3. The van der Waals surface area contributed by atoms with Gasteiger partial charge in [-0.25, -0.2) is 0 Å². The van der Waals surface area contributed by atoms with Crippen LogP contribution in [0.2, 0.25) is 0 Å². The third-order valence-corrected chi connectivity index (χ3v) is 4.14. The standard InChI is InChI=1S/C21H21NO4/c1-24-19-11-10-15-7-3-4-9-17(15)20(19)26-16-8-5-6-14(12-16)13-18(22)21(23)25-2/h3-12,18H,13,22H2,1-2H3. The van der Waals surface area contributed by atoms with E-state index in [9.17, 15) is 4.79 Å². The Hall–Kier alpha value is -3.05. The summed E-state index contributed by atoms with van der Waals surface area (Å²) >= 11 is 0. The molecule has 0 spiro atoms. The number of esters is 1.